The molecular weight excluding hydrogens is 465 g/mol. The number of amides is 1. The van der Waals surface area contributed by atoms with Crippen molar-refractivity contribution in [2.24, 2.45) is 0 Å². The minimum Gasteiger partial charge on any atom is -0.494 e. The van der Waals surface area contributed by atoms with Crippen molar-refractivity contribution in [2.75, 3.05) is 11.9 Å². The largest absolute Gasteiger partial charge is 0.494 e. The van der Waals surface area contributed by atoms with Gasteiger partial charge in [-0.1, -0.05) is 41.4 Å². The fourth-order valence-electron chi connectivity index (χ4n) is 3.06. The van der Waals surface area contributed by atoms with Gasteiger partial charge in [-0.2, -0.15) is 5.10 Å². The fraction of sp³-hybridized carbons (Fsp3) is 0.167. The Morgan fingerprint density at radius 1 is 1.00 bits per heavy atom. The lowest BCUT2D eigenvalue weighted by atomic mass is 10.2. The monoisotopic (exact) mass is 485 g/mol. The molecule has 2 aromatic heterocycles. The van der Waals surface area contributed by atoms with E-state index in [1.807, 2.05) is 49.4 Å². The number of hydrogen-bond donors (Lipinski definition) is 1. The highest BCUT2D eigenvalue weighted by atomic mass is 35.5. The van der Waals surface area contributed by atoms with Gasteiger partial charge in [-0.3, -0.25) is 9.48 Å². The van der Waals surface area contributed by atoms with Crippen molar-refractivity contribution >= 4 is 34.9 Å². The fourth-order valence-corrected chi connectivity index (χ4v) is 3.46. The number of benzene rings is 2. The van der Waals surface area contributed by atoms with Crippen molar-refractivity contribution in [2.45, 2.75) is 20.1 Å². The first kappa shape index (κ1) is 22.8. The molecule has 170 valence electrons. The van der Waals surface area contributed by atoms with Gasteiger partial charge in [0.2, 0.25) is 0 Å². The molecule has 0 fully saturated rings. The van der Waals surface area contributed by atoms with E-state index in [1.54, 1.807) is 29.1 Å². The molecule has 0 aliphatic carbocycles. The summed E-state index contributed by atoms with van der Waals surface area (Å²) in [5.74, 6) is 1.83. The van der Waals surface area contributed by atoms with Crippen LogP contribution in [0.5, 0.6) is 11.5 Å². The lowest BCUT2D eigenvalue weighted by Crippen LogP contribution is -2.12. The number of rotatable bonds is 9. The van der Waals surface area contributed by atoms with Gasteiger partial charge in [0.25, 0.3) is 5.91 Å². The van der Waals surface area contributed by atoms with E-state index in [2.05, 4.69) is 10.4 Å². The molecule has 0 atom stereocenters. The van der Waals surface area contributed by atoms with Crippen LogP contribution in [0, 0.1) is 0 Å². The molecule has 33 heavy (non-hydrogen) atoms. The second kappa shape index (κ2) is 10.5. The van der Waals surface area contributed by atoms with E-state index in [9.17, 15) is 4.79 Å². The molecule has 0 aliphatic heterocycles. The van der Waals surface area contributed by atoms with Gasteiger partial charge < -0.3 is 19.2 Å². The molecule has 2 aromatic carbocycles. The summed E-state index contributed by atoms with van der Waals surface area (Å²) >= 11 is 12.4. The van der Waals surface area contributed by atoms with Gasteiger partial charge in [-0.05, 0) is 55.0 Å². The predicted molar refractivity (Wildman–Crippen MR) is 126 cm³/mol. The van der Waals surface area contributed by atoms with E-state index in [1.165, 1.54) is 0 Å². The predicted octanol–water partition coefficient (Wildman–Crippen LogP) is 6.06. The van der Waals surface area contributed by atoms with Crippen LogP contribution in [0.25, 0.3) is 0 Å². The Bertz CT molecular complexity index is 1230. The van der Waals surface area contributed by atoms with Crippen molar-refractivity contribution in [3.05, 3.63) is 94.0 Å². The topological polar surface area (TPSA) is 78.5 Å². The molecule has 0 radical (unpaired) electrons. The van der Waals surface area contributed by atoms with Crippen LogP contribution < -0.4 is 14.8 Å². The Hall–Kier alpha value is -3.42. The number of nitrogens with zero attached hydrogens (tertiary/aromatic N) is 2. The average Bonchev–Trinajstić information content (AvgIpc) is 3.42. The molecule has 9 heteroatoms. The standard InChI is InChI=1S/C24H21Cl2N3O4/c1-2-31-17-7-9-18(10-8-17)32-15-19-11-12-22(33-19)24(30)27-23-21(26)14-29(28-23)13-16-5-3-4-6-20(16)25/h3-12,14H,2,13,15H2,1H3,(H,27,28,30). The van der Waals surface area contributed by atoms with E-state index in [4.69, 9.17) is 37.1 Å². The second-order valence-electron chi connectivity index (χ2n) is 7.03. The molecule has 0 saturated heterocycles. The van der Waals surface area contributed by atoms with Crippen molar-refractivity contribution < 1.29 is 18.7 Å². The number of carbonyl (C=O) groups excluding carboxylic acids is 1. The zero-order valence-corrected chi connectivity index (χ0v) is 19.3. The van der Waals surface area contributed by atoms with Crippen LogP contribution in [0.1, 0.15) is 28.8 Å². The third kappa shape index (κ3) is 5.88. The van der Waals surface area contributed by atoms with Crippen LogP contribution in [0.15, 0.2) is 71.3 Å². The first-order chi connectivity index (χ1) is 16.0. The highest BCUT2D eigenvalue weighted by Crippen LogP contribution is 2.23. The third-order valence-corrected chi connectivity index (χ3v) is 5.29. The normalized spacial score (nSPS) is 10.8. The van der Waals surface area contributed by atoms with Crippen LogP contribution in [0.3, 0.4) is 0 Å². The number of carbonyl (C=O) groups is 1. The van der Waals surface area contributed by atoms with E-state index < -0.39 is 5.91 Å². The van der Waals surface area contributed by atoms with Gasteiger partial charge in [0.15, 0.2) is 11.6 Å². The first-order valence-corrected chi connectivity index (χ1v) is 11.0. The van der Waals surface area contributed by atoms with Crippen LogP contribution in [0.2, 0.25) is 10.0 Å². The Morgan fingerprint density at radius 3 is 2.45 bits per heavy atom. The van der Waals surface area contributed by atoms with Crippen LogP contribution in [-0.4, -0.2) is 22.3 Å². The number of ether oxygens (including phenoxy) is 2. The number of furan rings is 1. The van der Waals surface area contributed by atoms with Crippen LogP contribution in [-0.2, 0) is 13.2 Å². The first-order valence-electron chi connectivity index (χ1n) is 10.2. The highest BCUT2D eigenvalue weighted by molar-refractivity contribution is 6.33. The van der Waals surface area contributed by atoms with Crippen molar-refractivity contribution in [3.8, 4) is 11.5 Å². The Kier molecular flexibility index (Phi) is 7.22. The molecule has 4 rings (SSSR count). The summed E-state index contributed by atoms with van der Waals surface area (Å²) in [7, 11) is 0. The number of nitrogens with one attached hydrogen (secondary N) is 1. The molecule has 0 unspecified atom stereocenters. The maximum atomic E-state index is 12.6. The van der Waals surface area contributed by atoms with Crippen LogP contribution >= 0.6 is 23.2 Å². The molecular formula is C24H21Cl2N3O4. The number of aromatic nitrogens is 2. The van der Waals surface area contributed by atoms with Gasteiger partial charge in [0.05, 0.1) is 13.2 Å². The molecule has 0 aliphatic rings. The summed E-state index contributed by atoms with van der Waals surface area (Å²) < 4.78 is 18.3. The van der Waals surface area contributed by atoms with Gasteiger partial charge in [-0.15, -0.1) is 0 Å². The van der Waals surface area contributed by atoms with Gasteiger partial charge in [0, 0.05) is 11.2 Å². The van der Waals surface area contributed by atoms with Crippen molar-refractivity contribution in [1.29, 1.82) is 0 Å². The maximum Gasteiger partial charge on any atom is 0.292 e. The smallest absolute Gasteiger partial charge is 0.292 e. The zero-order valence-electron chi connectivity index (χ0n) is 17.8. The zero-order chi connectivity index (χ0) is 23.2. The SMILES string of the molecule is CCOc1ccc(OCc2ccc(C(=O)Nc3nn(Cc4ccccc4Cl)cc3Cl)o2)cc1. The summed E-state index contributed by atoms with van der Waals surface area (Å²) in [4.78, 5) is 12.6. The quantitative estimate of drug-likeness (QED) is 0.311. The summed E-state index contributed by atoms with van der Waals surface area (Å²) in [6.45, 7) is 3.12. The minimum absolute atomic E-state index is 0.122. The number of anilines is 1. The molecule has 0 bridgehead atoms. The maximum absolute atomic E-state index is 12.6. The molecule has 1 amide bonds. The molecule has 0 spiro atoms. The highest BCUT2D eigenvalue weighted by Gasteiger charge is 2.16. The van der Waals surface area contributed by atoms with Gasteiger partial charge in [0.1, 0.15) is 28.9 Å². The third-order valence-electron chi connectivity index (χ3n) is 4.64. The van der Waals surface area contributed by atoms with E-state index in [-0.39, 0.29) is 18.2 Å². The molecule has 7 nitrogen and oxygen atoms in total. The molecule has 4 aromatic rings. The number of hydrogen-bond acceptors (Lipinski definition) is 5. The van der Waals surface area contributed by atoms with Gasteiger partial charge >= 0.3 is 0 Å². The molecule has 2 heterocycles. The van der Waals surface area contributed by atoms with Gasteiger partial charge in [-0.25, -0.2) is 0 Å². The van der Waals surface area contributed by atoms with E-state index in [0.29, 0.717) is 34.7 Å². The summed E-state index contributed by atoms with van der Waals surface area (Å²) in [5, 5.41) is 7.94. The number of halogens is 2. The Morgan fingerprint density at radius 2 is 1.73 bits per heavy atom. The average molecular weight is 486 g/mol. The van der Waals surface area contributed by atoms with Crippen molar-refractivity contribution in [3.63, 3.8) is 0 Å². The second-order valence-corrected chi connectivity index (χ2v) is 7.84. The molecule has 0 saturated carbocycles. The Labute approximate surface area is 200 Å². The summed E-state index contributed by atoms with van der Waals surface area (Å²) in [6, 6.07) is 18.0. The minimum atomic E-state index is -0.466. The summed E-state index contributed by atoms with van der Waals surface area (Å²) in [5.41, 5.74) is 0.888. The van der Waals surface area contributed by atoms with E-state index >= 15 is 0 Å². The van der Waals surface area contributed by atoms with Crippen molar-refractivity contribution in [1.82, 2.24) is 9.78 Å². The lowest BCUT2D eigenvalue weighted by Gasteiger charge is -2.06. The Balaban J connectivity index is 1.35. The lowest BCUT2D eigenvalue weighted by molar-refractivity contribution is 0.0992. The summed E-state index contributed by atoms with van der Waals surface area (Å²) in [6.07, 6.45) is 1.62. The van der Waals surface area contributed by atoms with E-state index in [0.717, 1.165) is 11.3 Å². The van der Waals surface area contributed by atoms with Crippen LogP contribution in [0.4, 0.5) is 5.82 Å². The molecule has 1 N–H and O–H groups in total.